The molecule has 0 aliphatic rings. The lowest BCUT2D eigenvalue weighted by molar-refractivity contribution is -0.161. The summed E-state index contributed by atoms with van der Waals surface area (Å²) >= 11 is 0. The Bertz CT molecular complexity index is 2020. The summed E-state index contributed by atoms with van der Waals surface area (Å²) < 4.78 is 68.8. The lowest BCUT2D eigenvalue weighted by Crippen LogP contribution is -2.30. The first-order valence-electron chi connectivity index (χ1n) is 43.7. The molecule has 5 atom stereocenters. The van der Waals surface area contributed by atoms with Crippen molar-refractivity contribution in [2.75, 3.05) is 39.6 Å². The summed E-state index contributed by atoms with van der Waals surface area (Å²) in [7, 11) is -9.93. The summed E-state index contributed by atoms with van der Waals surface area (Å²) in [5, 5.41) is 10.7. The molecule has 0 heterocycles. The monoisotopic (exact) mass is 1520 g/mol. The van der Waals surface area contributed by atoms with Gasteiger partial charge in [-0.2, -0.15) is 0 Å². The van der Waals surface area contributed by atoms with Crippen LogP contribution in [0.2, 0.25) is 0 Å². The van der Waals surface area contributed by atoms with Crippen LogP contribution in [-0.2, 0) is 65.4 Å². The fourth-order valence-corrected chi connectivity index (χ4v) is 14.7. The van der Waals surface area contributed by atoms with Crippen LogP contribution in [-0.4, -0.2) is 96.7 Å². The zero-order valence-corrected chi connectivity index (χ0v) is 70.5. The summed E-state index contributed by atoms with van der Waals surface area (Å²) in [5.74, 6) is 1.00. The van der Waals surface area contributed by atoms with Crippen molar-refractivity contribution in [3.63, 3.8) is 0 Å². The van der Waals surface area contributed by atoms with Gasteiger partial charge >= 0.3 is 39.5 Å². The molecule has 3 N–H and O–H groups in total. The zero-order chi connectivity index (χ0) is 76.7. The molecule has 3 unspecified atom stereocenters. The molecule has 0 aromatic rings. The fraction of sp³-hybridized carbons (Fsp3) is 0.953. The third-order valence-electron chi connectivity index (χ3n) is 19.8. The minimum Gasteiger partial charge on any atom is -0.462 e. The molecule has 0 aliphatic heterocycles. The molecule has 0 radical (unpaired) electrons. The Morgan fingerprint density at radius 2 is 0.404 bits per heavy atom. The molecular weight excluding hydrogens is 1350 g/mol. The van der Waals surface area contributed by atoms with E-state index in [-0.39, 0.29) is 25.7 Å². The second kappa shape index (κ2) is 73.8. The third-order valence-corrected chi connectivity index (χ3v) is 21.7. The van der Waals surface area contributed by atoms with Crippen molar-refractivity contribution in [3.05, 3.63) is 0 Å². The van der Waals surface area contributed by atoms with Gasteiger partial charge in [0.15, 0.2) is 12.2 Å². The van der Waals surface area contributed by atoms with Crippen LogP contribution in [0.3, 0.4) is 0 Å². The Morgan fingerprint density at radius 1 is 0.240 bits per heavy atom. The van der Waals surface area contributed by atoms with Gasteiger partial charge in [0.1, 0.15) is 19.3 Å². The number of carbonyl (C=O) groups excluding carboxylic acids is 4. The fourth-order valence-electron chi connectivity index (χ4n) is 13.1. The van der Waals surface area contributed by atoms with Crippen LogP contribution in [0.15, 0.2) is 0 Å². The Hall–Kier alpha value is -1.94. The van der Waals surface area contributed by atoms with E-state index in [1.54, 1.807) is 0 Å². The molecule has 104 heavy (non-hydrogen) atoms. The van der Waals surface area contributed by atoms with E-state index in [9.17, 15) is 43.2 Å². The molecular formula is C85H166O17P2. The maximum absolute atomic E-state index is 13.1. The van der Waals surface area contributed by atoms with E-state index in [0.717, 1.165) is 114 Å². The predicted octanol–water partition coefficient (Wildman–Crippen LogP) is 25.6. The first-order chi connectivity index (χ1) is 50.1. The van der Waals surface area contributed by atoms with Gasteiger partial charge in [-0.15, -0.1) is 0 Å². The highest BCUT2D eigenvalue weighted by atomic mass is 31.2. The molecule has 0 amide bonds. The number of esters is 4. The van der Waals surface area contributed by atoms with Gasteiger partial charge in [-0.25, -0.2) is 9.13 Å². The third kappa shape index (κ3) is 78.2. The van der Waals surface area contributed by atoms with Crippen molar-refractivity contribution < 1.29 is 80.2 Å². The van der Waals surface area contributed by atoms with E-state index >= 15 is 0 Å². The van der Waals surface area contributed by atoms with Gasteiger partial charge in [0, 0.05) is 25.7 Å². The Labute approximate surface area is 638 Å². The molecule has 0 saturated heterocycles. The standard InChI is InChI=1S/C85H166O17P2/c1-75(2)61-53-45-37-30-24-18-13-11-9-10-12-14-22-28-34-42-51-59-67-85(90)102-81(72-96-83(88)66-58-50-44-36-40-48-56-64-78(7)8)74-100-104(93,94)98-70-79(86)69-97-103(91,92)99-73-80(101-84(89)68-60-52-43-35-29-23-17-20-26-32-39-47-55-63-77(5)6)71-95-82(87)65-57-49-41-33-27-21-16-15-19-25-31-38-46-54-62-76(3)4/h75-81,86H,9-74H2,1-8H3,(H,91,92)(H,93,94)/t79?,80-,81-/m1/s1. The average molecular weight is 1520 g/mol. The Balaban J connectivity index is 5.21. The molecule has 0 fully saturated rings. The largest absolute Gasteiger partial charge is 0.472 e. The number of phosphoric ester groups is 2. The van der Waals surface area contributed by atoms with E-state index in [0.29, 0.717) is 31.6 Å². The summed E-state index contributed by atoms with van der Waals surface area (Å²) in [6.45, 7) is 14.3. The van der Waals surface area contributed by atoms with Crippen LogP contribution in [0, 0.1) is 23.7 Å². The minimum atomic E-state index is -4.96. The van der Waals surface area contributed by atoms with Crippen LogP contribution in [0.5, 0.6) is 0 Å². The number of aliphatic hydroxyl groups is 1. The van der Waals surface area contributed by atoms with E-state index in [4.69, 9.17) is 37.0 Å². The molecule has 0 aliphatic carbocycles. The molecule has 618 valence electrons. The van der Waals surface area contributed by atoms with Crippen LogP contribution in [0.25, 0.3) is 0 Å². The molecule has 0 saturated carbocycles. The quantitative estimate of drug-likeness (QED) is 0.0222. The SMILES string of the molecule is CC(C)CCCCCCCCCCCCCCCCCCCCC(=O)O[C@H](COC(=O)CCCCCCCCCC(C)C)COP(=O)(O)OCC(O)COP(=O)(O)OC[C@@H](COC(=O)CCCCCCCCCCCCCCCCC(C)C)OC(=O)CCCCCCCCCCCCCCCC(C)C. The van der Waals surface area contributed by atoms with Crippen LogP contribution >= 0.6 is 15.6 Å². The number of aliphatic hydroxyl groups excluding tert-OH is 1. The molecule has 0 rings (SSSR count). The number of unbranched alkanes of at least 4 members (excludes halogenated alkanes) is 48. The highest BCUT2D eigenvalue weighted by Crippen LogP contribution is 2.45. The normalized spacial score (nSPS) is 14.0. The molecule has 19 heteroatoms. The zero-order valence-electron chi connectivity index (χ0n) is 68.7. The van der Waals surface area contributed by atoms with Gasteiger partial charge in [0.2, 0.25) is 0 Å². The summed E-state index contributed by atoms with van der Waals surface area (Å²) in [5.41, 5.74) is 0. The highest BCUT2D eigenvalue weighted by Gasteiger charge is 2.30. The second-order valence-corrected chi connectivity index (χ2v) is 35.4. The van der Waals surface area contributed by atoms with Crippen molar-refractivity contribution in [1.29, 1.82) is 0 Å². The Kier molecular flexibility index (Phi) is 72.5. The van der Waals surface area contributed by atoms with Gasteiger partial charge in [0.05, 0.1) is 26.4 Å². The first kappa shape index (κ1) is 102. The van der Waals surface area contributed by atoms with Crippen LogP contribution < -0.4 is 0 Å². The van der Waals surface area contributed by atoms with Gasteiger partial charge in [-0.1, -0.05) is 389 Å². The van der Waals surface area contributed by atoms with E-state index < -0.39 is 97.5 Å². The second-order valence-electron chi connectivity index (χ2n) is 32.5. The number of ether oxygens (including phenoxy) is 4. The number of carbonyl (C=O) groups is 4. The molecule has 0 aromatic heterocycles. The van der Waals surface area contributed by atoms with Crippen molar-refractivity contribution >= 4 is 39.5 Å². The van der Waals surface area contributed by atoms with Gasteiger partial charge in [-0.05, 0) is 49.4 Å². The smallest absolute Gasteiger partial charge is 0.462 e. The number of hydrogen-bond acceptors (Lipinski definition) is 15. The predicted molar refractivity (Wildman–Crippen MR) is 428 cm³/mol. The summed E-state index contributed by atoms with van der Waals surface area (Å²) in [6.07, 6.45) is 62.6. The van der Waals surface area contributed by atoms with Crippen molar-refractivity contribution in [2.45, 2.75) is 459 Å². The molecule has 0 aromatic carbocycles. The van der Waals surface area contributed by atoms with Gasteiger partial charge in [0.25, 0.3) is 0 Å². The van der Waals surface area contributed by atoms with Crippen molar-refractivity contribution in [3.8, 4) is 0 Å². The van der Waals surface area contributed by atoms with Crippen LogP contribution in [0.1, 0.15) is 441 Å². The van der Waals surface area contributed by atoms with E-state index in [2.05, 4.69) is 55.4 Å². The van der Waals surface area contributed by atoms with E-state index in [1.807, 2.05) is 0 Å². The first-order valence-corrected chi connectivity index (χ1v) is 46.7. The average Bonchev–Trinajstić information content (AvgIpc) is 0.905. The maximum Gasteiger partial charge on any atom is 0.472 e. The molecule has 17 nitrogen and oxygen atoms in total. The van der Waals surface area contributed by atoms with Crippen molar-refractivity contribution in [1.82, 2.24) is 0 Å². The Morgan fingerprint density at radius 3 is 0.596 bits per heavy atom. The summed E-state index contributed by atoms with van der Waals surface area (Å²) in [6, 6.07) is 0. The topological polar surface area (TPSA) is 237 Å². The maximum atomic E-state index is 13.1. The summed E-state index contributed by atoms with van der Waals surface area (Å²) in [4.78, 5) is 73.2. The van der Waals surface area contributed by atoms with Crippen LogP contribution in [0.4, 0.5) is 0 Å². The number of hydrogen-bond donors (Lipinski definition) is 3. The van der Waals surface area contributed by atoms with Gasteiger partial charge < -0.3 is 33.8 Å². The number of phosphoric acid groups is 2. The number of rotatable bonds is 82. The van der Waals surface area contributed by atoms with E-state index in [1.165, 1.54) is 238 Å². The van der Waals surface area contributed by atoms with Crippen molar-refractivity contribution in [2.24, 2.45) is 23.7 Å². The lowest BCUT2D eigenvalue weighted by Gasteiger charge is -2.21. The lowest BCUT2D eigenvalue weighted by atomic mass is 10.0. The minimum absolute atomic E-state index is 0.107. The molecule has 0 bridgehead atoms. The highest BCUT2D eigenvalue weighted by molar-refractivity contribution is 7.47. The molecule has 0 spiro atoms. The van der Waals surface area contributed by atoms with Gasteiger partial charge in [-0.3, -0.25) is 37.3 Å².